The van der Waals surface area contributed by atoms with Crippen molar-refractivity contribution in [1.29, 1.82) is 0 Å². The average Bonchev–Trinajstić information content (AvgIpc) is 2.99. The maximum absolute atomic E-state index is 16.5. The Morgan fingerprint density at radius 1 is 1.09 bits per heavy atom. The minimum absolute atomic E-state index is 0.0792. The van der Waals surface area contributed by atoms with Gasteiger partial charge < -0.3 is 20.4 Å². The summed E-state index contributed by atoms with van der Waals surface area (Å²) in [5.74, 6) is -1.06. The first-order valence-corrected chi connectivity index (χ1v) is 17.3. The van der Waals surface area contributed by atoms with Crippen molar-refractivity contribution >= 4 is 29.6 Å². The molecule has 5 heterocycles. The standard InChI is InChI=1S/C30H48F2N8O3S/c1-5-22(42)38-9-10-39(16(4)12-38)27-17-11-19(32)25-23-18(31)7-6-8-20(23)35-21(41)13-44-29-26(24(15(2)3)33-14-34-29)40(28(17)36-25)30(43)37-27/h5,15-20,23-29,33-34,36H,1,6-14H2,2-4H3,(H,35,41)(H,37,43)/t16-,17?,18?,19?,20?,23?,24?,25?,26?,27?,28?,29?/m0/s1. The normalized spacial score (nSPS) is 43.5. The largest absolute Gasteiger partial charge is 0.352 e. The van der Waals surface area contributed by atoms with Gasteiger partial charge in [0.25, 0.3) is 0 Å². The third-order valence-corrected chi connectivity index (χ3v) is 12.0. The molecule has 14 heteroatoms. The summed E-state index contributed by atoms with van der Waals surface area (Å²) in [6.45, 7) is 11.9. The van der Waals surface area contributed by atoms with Gasteiger partial charge in [-0.1, -0.05) is 20.4 Å². The Bertz CT molecular complexity index is 1120. The van der Waals surface area contributed by atoms with Crippen molar-refractivity contribution in [2.75, 3.05) is 32.1 Å². The second-order valence-electron chi connectivity index (χ2n) is 13.7. The fourth-order valence-electron chi connectivity index (χ4n) is 8.74. The number of piperidine rings is 1. The van der Waals surface area contributed by atoms with Crippen molar-refractivity contribution in [1.82, 2.24) is 41.3 Å². The van der Waals surface area contributed by atoms with Crippen LogP contribution in [0, 0.1) is 17.8 Å². The molecule has 0 spiro atoms. The molecule has 0 aromatic rings. The molecule has 246 valence electrons. The Morgan fingerprint density at radius 3 is 2.61 bits per heavy atom. The van der Waals surface area contributed by atoms with E-state index in [0.717, 1.165) is 0 Å². The molecule has 1 saturated carbocycles. The number of amides is 4. The van der Waals surface area contributed by atoms with E-state index in [2.05, 4.69) is 51.9 Å². The molecule has 0 aromatic heterocycles. The van der Waals surface area contributed by atoms with Crippen LogP contribution >= 0.6 is 11.8 Å². The maximum atomic E-state index is 16.5. The van der Waals surface area contributed by atoms with Crippen molar-refractivity contribution in [2.24, 2.45) is 17.8 Å². The van der Waals surface area contributed by atoms with Gasteiger partial charge in [-0.3, -0.25) is 30.4 Å². The highest BCUT2D eigenvalue weighted by molar-refractivity contribution is 8.00. The number of carbonyl (C=O) groups is 3. The van der Waals surface area contributed by atoms with Gasteiger partial charge in [0.15, 0.2) is 0 Å². The molecule has 6 fully saturated rings. The quantitative estimate of drug-likeness (QED) is 0.290. The number of rotatable bonds is 3. The number of piperazine rings is 1. The molecule has 44 heavy (non-hydrogen) atoms. The highest BCUT2D eigenvalue weighted by atomic mass is 32.2. The van der Waals surface area contributed by atoms with Crippen LogP contribution in [-0.2, 0) is 9.59 Å². The molecule has 6 aliphatic rings. The van der Waals surface area contributed by atoms with Gasteiger partial charge in [0.1, 0.15) is 12.3 Å². The third-order valence-electron chi connectivity index (χ3n) is 10.8. The number of nitrogens with zero attached hydrogens (tertiary/aromatic N) is 3. The third kappa shape index (κ3) is 5.85. The summed E-state index contributed by atoms with van der Waals surface area (Å²) in [5, 5.41) is 16.7. The number of fused-ring (bicyclic) bond motifs is 5. The van der Waals surface area contributed by atoms with E-state index >= 15 is 8.78 Å². The van der Waals surface area contributed by atoms with E-state index in [1.165, 1.54) is 17.8 Å². The Hall–Kier alpha value is -2.00. The lowest BCUT2D eigenvalue weighted by Crippen LogP contribution is -2.81. The number of urea groups is 1. The first-order chi connectivity index (χ1) is 21.1. The van der Waals surface area contributed by atoms with Gasteiger partial charge >= 0.3 is 6.03 Å². The summed E-state index contributed by atoms with van der Waals surface area (Å²) in [5.41, 5.74) is 0. The molecule has 0 radical (unpaired) electrons. The first kappa shape index (κ1) is 32.0. The van der Waals surface area contributed by atoms with Gasteiger partial charge in [-0.05, 0) is 44.6 Å². The fraction of sp³-hybridized carbons (Fsp3) is 0.833. The van der Waals surface area contributed by atoms with Crippen LogP contribution in [0.25, 0.3) is 0 Å². The van der Waals surface area contributed by atoms with Gasteiger partial charge in [-0.25, -0.2) is 13.6 Å². The van der Waals surface area contributed by atoms with Gasteiger partial charge in [-0.2, -0.15) is 0 Å². The molecule has 5 N–H and O–H groups in total. The second-order valence-corrected chi connectivity index (χ2v) is 14.8. The number of hydrogen-bond acceptors (Lipinski definition) is 8. The van der Waals surface area contributed by atoms with Crippen LogP contribution in [0.4, 0.5) is 13.6 Å². The van der Waals surface area contributed by atoms with Crippen LogP contribution in [0.3, 0.4) is 0 Å². The molecule has 1 aliphatic carbocycles. The molecular formula is C30H48F2N8O3S. The van der Waals surface area contributed by atoms with Crippen LogP contribution < -0.4 is 26.6 Å². The Balaban J connectivity index is 1.39. The second kappa shape index (κ2) is 13.0. The van der Waals surface area contributed by atoms with E-state index in [1.807, 2.05) is 11.8 Å². The Labute approximate surface area is 263 Å². The molecule has 11 unspecified atom stereocenters. The van der Waals surface area contributed by atoms with Crippen molar-refractivity contribution in [3.63, 3.8) is 0 Å². The summed E-state index contributed by atoms with van der Waals surface area (Å²) in [6, 6.07) is -2.11. The van der Waals surface area contributed by atoms with E-state index in [-0.39, 0.29) is 65.4 Å². The van der Waals surface area contributed by atoms with E-state index in [4.69, 9.17) is 0 Å². The van der Waals surface area contributed by atoms with Gasteiger partial charge in [-0.15, -0.1) is 11.8 Å². The number of thioether (sulfide) groups is 1. The Morgan fingerprint density at radius 2 is 1.89 bits per heavy atom. The van der Waals surface area contributed by atoms with E-state index in [0.29, 0.717) is 45.6 Å². The molecule has 11 nitrogen and oxygen atoms in total. The summed E-state index contributed by atoms with van der Waals surface area (Å²) < 4.78 is 32.3. The monoisotopic (exact) mass is 638 g/mol. The summed E-state index contributed by atoms with van der Waals surface area (Å²) in [4.78, 5) is 45.7. The topological polar surface area (TPSA) is 121 Å². The number of carbonyl (C=O) groups excluding carboxylic acids is 3. The van der Waals surface area contributed by atoms with Crippen molar-refractivity contribution < 1.29 is 23.2 Å². The van der Waals surface area contributed by atoms with Crippen molar-refractivity contribution in [2.45, 2.75) is 107 Å². The lowest BCUT2D eigenvalue weighted by molar-refractivity contribution is -0.132. The lowest BCUT2D eigenvalue weighted by Gasteiger charge is -2.60. The number of nitrogens with one attached hydrogen (secondary N) is 5. The smallest absolute Gasteiger partial charge is 0.320 e. The lowest BCUT2D eigenvalue weighted by atomic mass is 9.72. The molecule has 0 aromatic carbocycles. The SMILES string of the molecule is C=CC(=O)N1CCN(C2NC(=O)N3C4NC(C(F)CC42)C2C(F)CCCC2NC(=O)CSC2NCNC(C(C)C)C23)[C@@H](C)C1. The maximum Gasteiger partial charge on any atom is 0.320 e. The van der Waals surface area contributed by atoms with Crippen LogP contribution in [0.2, 0.25) is 0 Å². The van der Waals surface area contributed by atoms with Crippen LogP contribution in [-0.4, -0.2) is 125 Å². The highest BCUT2D eigenvalue weighted by Gasteiger charge is 2.58. The van der Waals surface area contributed by atoms with Crippen molar-refractivity contribution in [3.05, 3.63) is 12.7 Å². The van der Waals surface area contributed by atoms with Crippen LogP contribution in [0.15, 0.2) is 12.7 Å². The minimum atomic E-state index is -1.37. The molecule has 5 aliphatic heterocycles. The molecule has 2 bridgehead atoms. The zero-order valence-corrected chi connectivity index (χ0v) is 26.7. The summed E-state index contributed by atoms with van der Waals surface area (Å²) >= 11 is 1.47. The van der Waals surface area contributed by atoms with Crippen LogP contribution in [0.5, 0.6) is 0 Å². The summed E-state index contributed by atoms with van der Waals surface area (Å²) in [7, 11) is 0. The predicted octanol–water partition coefficient (Wildman–Crippen LogP) is 0.938. The average molecular weight is 639 g/mol. The van der Waals surface area contributed by atoms with E-state index < -0.39 is 42.7 Å². The minimum Gasteiger partial charge on any atom is -0.352 e. The van der Waals surface area contributed by atoms with Crippen LogP contribution in [0.1, 0.15) is 46.5 Å². The molecule has 12 atom stereocenters. The molecule has 6 rings (SSSR count). The number of halogens is 2. The zero-order valence-electron chi connectivity index (χ0n) is 25.9. The first-order valence-electron chi connectivity index (χ1n) is 16.3. The predicted molar refractivity (Wildman–Crippen MR) is 165 cm³/mol. The number of alkyl halides is 2. The van der Waals surface area contributed by atoms with Gasteiger partial charge in [0, 0.05) is 62.3 Å². The molecular weight excluding hydrogens is 590 g/mol. The van der Waals surface area contributed by atoms with Crippen molar-refractivity contribution in [3.8, 4) is 0 Å². The fourth-order valence-corrected chi connectivity index (χ4v) is 9.85. The van der Waals surface area contributed by atoms with E-state index in [9.17, 15) is 14.4 Å². The van der Waals surface area contributed by atoms with Gasteiger partial charge in [0.2, 0.25) is 11.8 Å². The zero-order chi connectivity index (χ0) is 31.3. The highest BCUT2D eigenvalue weighted by Crippen LogP contribution is 2.42. The summed E-state index contributed by atoms with van der Waals surface area (Å²) in [6.07, 6.45) is -0.619. The van der Waals surface area contributed by atoms with E-state index in [1.54, 1.807) is 4.90 Å². The molecule has 5 saturated heterocycles. The number of hydrogen-bond donors (Lipinski definition) is 5. The molecule has 4 amide bonds. The Kier molecular flexibility index (Phi) is 9.45. The van der Waals surface area contributed by atoms with Gasteiger partial charge in [0.05, 0.1) is 29.5 Å².